The number of hydrogen-bond acceptors (Lipinski definition) is 3. The van der Waals surface area contributed by atoms with E-state index in [0.29, 0.717) is 6.61 Å². The molecule has 0 fully saturated rings. The van der Waals surface area contributed by atoms with Crippen LogP contribution >= 0.6 is 0 Å². The van der Waals surface area contributed by atoms with E-state index in [1.165, 1.54) is 3.59 Å². The molecule has 0 spiro atoms. The van der Waals surface area contributed by atoms with Crippen molar-refractivity contribution >= 4 is 32.7 Å². The molecule has 0 radical (unpaired) electrons. The Morgan fingerprint density at radius 2 is 1.73 bits per heavy atom. The second-order valence-corrected chi connectivity index (χ2v) is 27.9. The Bertz CT molecular complexity index is 390. The van der Waals surface area contributed by atoms with Crippen LogP contribution in [-0.2, 0) is 14.0 Å². The molecule has 0 unspecified atom stereocenters. The molecule has 0 heterocycles. The van der Waals surface area contributed by atoms with Crippen molar-refractivity contribution in [1.82, 2.24) is 0 Å². The number of esters is 1. The molecule has 3 nitrogen and oxygen atoms in total. The number of hydrogen-bond donors (Lipinski definition) is 0. The molecule has 0 aromatic carbocycles. The minimum atomic E-state index is -2.25. The van der Waals surface area contributed by atoms with Gasteiger partial charge >= 0.3 is 143 Å². The van der Waals surface area contributed by atoms with E-state index in [9.17, 15) is 4.79 Å². The van der Waals surface area contributed by atoms with Crippen LogP contribution in [0, 0.1) is 0 Å². The summed E-state index contributed by atoms with van der Waals surface area (Å²) >= 11 is -2.25. The van der Waals surface area contributed by atoms with Crippen molar-refractivity contribution in [2.45, 2.75) is 73.5 Å². The second kappa shape index (κ2) is 8.88. The fourth-order valence-corrected chi connectivity index (χ4v) is 7.10. The molecule has 0 amide bonds. The van der Waals surface area contributed by atoms with Gasteiger partial charge in [0.05, 0.1) is 0 Å². The molecule has 0 aromatic heterocycles. The van der Waals surface area contributed by atoms with Crippen LogP contribution in [0.5, 0.6) is 0 Å². The van der Waals surface area contributed by atoms with Gasteiger partial charge in [-0.15, -0.1) is 0 Å². The van der Waals surface area contributed by atoms with Gasteiger partial charge in [0.25, 0.3) is 0 Å². The van der Waals surface area contributed by atoms with Gasteiger partial charge in [0.15, 0.2) is 0 Å². The van der Waals surface area contributed by atoms with Crippen molar-refractivity contribution < 1.29 is 14.0 Å². The van der Waals surface area contributed by atoms with E-state index >= 15 is 0 Å². The minimum absolute atomic E-state index is 0.186. The average Bonchev–Trinajstić information content (AvgIpc) is 2.30. The molecule has 0 aliphatic heterocycles. The summed E-state index contributed by atoms with van der Waals surface area (Å²) in [6.07, 6.45) is 3.71. The van der Waals surface area contributed by atoms with Crippen LogP contribution in [-0.4, -0.2) is 45.9 Å². The molecule has 0 aliphatic rings. The van der Waals surface area contributed by atoms with E-state index in [0.717, 1.165) is 19.4 Å². The van der Waals surface area contributed by atoms with Gasteiger partial charge in [0.1, 0.15) is 0 Å². The third kappa shape index (κ3) is 8.15. The van der Waals surface area contributed by atoms with Gasteiger partial charge in [-0.25, -0.2) is 0 Å². The van der Waals surface area contributed by atoms with Gasteiger partial charge in [0, 0.05) is 0 Å². The van der Waals surface area contributed by atoms with Crippen LogP contribution in [0.4, 0.5) is 0 Å². The Labute approximate surface area is 142 Å². The molecule has 0 N–H and O–H groups in total. The van der Waals surface area contributed by atoms with Crippen LogP contribution in [0.1, 0.15) is 40.5 Å². The maximum absolute atomic E-state index is 11.7. The Kier molecular flexibility index (Phi) is 8.95. The first-order valence-electron chi connectivity index (χ1n) is 8.33. The van der Waals surface area contributed by atoms with Crippen LogP contribution < -0.4 is 0 Å². The SMILES string of the molecule is CCOC(=O)/C=[C](\CCCO[Si](C)(C)C(C)(C)C)[Sn]([CH3])([CH3])[CH3]. The Balaban J connectivity index is 4.59. The molecule has 22 heavy (non-hydrogen) atoms. The summed E-state index contributed by atoms with van der Waals surface area (Å²) < 4.78 is 12.6. The Morgan fingerprint density at radius 3 is 2.14 bits per heavy atom. The van der Waals surface area contributed by atoms with Crippen LogP contribution in [0.25, 0.3) is 0 Å². The van der Waals surface area contributed by atoms with E-state index < -0.39 is 26.7 Å². The zero-order chi connectivity index (χ0) is 17.6. The number of allylic oxidation sites excluding steroid dienone is 1. The molecular weight excluding hydrogens is 399 g/mol. The number of carbonyl (C=O) groups excluding carboxylic acids is 1. The zero-order valence-corrected chi connectivity index (χ0v) is 20.0. The van der Waals surface area contributed by atoms with Gasteiger partial charge in [-0.2, -0.15) is 0 Å². The van der Waals surface area contributed by atoms with E-state index in [-0.39, 0.29) is 11.0 Å². The summed E-state index contributed by atoms with van der Waals surface area (Å²) in [5, 5.41) is 0.250. The monoisotopic (exact) mass is 436 g/mol. The van der Waals surface area contributed by atoms with Gasteiger partial charge in [-0.3, -0.25) is 0 Å². The van der Waals surface area contributed by atoms with Gasteiger partial charge < -0.3 is 0 Å². The van der Waals surface area contributed by atoms with Gasteiger partial charge in [-0.1, -0.05) is 0 Å². The van der Waals surface area contributed by atoms with Crippen molar-refractivity contribution in [3.63, 3.8) is 0 Å². The number of carbonyl (C=O) groups is 1. The summed E-state index contributed by atoms with van der Waals surface area (Å²) in [5.74, 6) is -0.186. The van der Waals surface area contributed by atoms with Crippen molar-refractivity contribution in [2.24, 2.45) is 0 Å². The number of ether oxygens (including phenoxy) is 1. The predicted octanol–water partition coefficient (Wildman–Crippen LogP) is 5.16. The Hall–Kier alpha value is 0.186. The quantitative estimate of drug-likeness (QED) is 0.229. The second-order valence-electron chi connectivity index (χ2n) is 8.38. The van der Waals surface area contributed by atoms with Crippen LogP contribution in [0.15, 0.2) is 9.67 Å². The summed E-state index contributed by atoms with van der Waals surface area (Å²) in [5.41, 5.74) is 0. The fraction of sp³-hybridized carbons (Fsp3) is 0.824. The Morgan fingerprint density at radius 1 is 1.18 bits per heavy atom. The third-order valence-corrected chi connectivity index (χ3v) is 15.6. The molecule has 5 heteroatoms. The zero-order valence-electron chi connectivity index (χ0n) is 16.1. The molecule has 0 aromatic rings. The van der Waals surface area contributed by atoms with Crippen molar-refractivity contribution in [3.8, 4) is 0 Å². The van der Waals surface area contributed by atoms with Crippen molar-refractivity contribution in [2.75, 3.05) is 13.2 Å². The first-order valence-corrected chi connectivity index (χ1v) is 21.2. The van der Waals surface area contributed by atoms with E-state index in [1.807, 2.05) is 6.92 Å². The van der Waals surface area contributed by atoms with Crippen LogP contribution in [0.2, 0.25) is 33.0 Å². The maximum atomic E-state index is 11.7. The molecule has 130 valence electrons. The first-order chi connectivity index (χ1) is 9.81. The first kappa shape index (κ1) is 22.2. The molecule has 0 atom stereocenters. The summed E-state index contributed by atoms with van der Waals surface area (Å²) in [6, 6.07) is 0. The molecule has 0 saturated heterocycles. The molecule has 0 saturated carbocycles. The van der Waals surface area contributed by atoms with Gasteiger partial charge in [0.2, 0.25) is 0 Å². The molecule has 0 rings (SSSR count). The van der Waals surface area contributed by atoms with Crippen LogP contribution in [0.3, 0.4) is 0 Å². The molecule has 0 aliphatic carbocycles. The average molecular weight is 435 g/mol. The van der Waals surface area contributed by atoms with E-state index in [1.54, 1.807) is 6.08 Å². The molecular formula is C17H36O3SiSn. The van der Waals surface area contributed by atoms with Crippen molar-refractivity contribution in [1.29, 1.82) is 0 Å². The van der Waals surface area contributed by atoms with Crippen molar-refractivity contribution in [3.05, 3.63) is 9.67 Å². The third-order valence-electron chi connectivity index (χ3n) is 4.40. The number of rotatable bonds is 8. The summed E-state index contributed by atoms with van der Waals surface area (Å²) in [7, 11) is -1.66. The van der Waals surface area contributed by atoms with E-state index in [2.05, 4.69) is 48.7 Å². The standard InChI is InChI=1S/C14H27O3Si.3CH3.Sn/c1-7-16-13(15)11-9-8-10-12-17-18(5,6)14(2,3)4;;;;/h11H,7-8,10,12H2,1-6H3;3*1H3;. The normalized spacial score (nSPS) is 14.1. The summed E-state index contributed by atoms with van der Waals surface area (Å²) in [4.78, 5) is 18.8. The van der Waals surface area contributed by atoms with E-state index in [4.69, 9.17) is 9.16 Å². The summed E-state index contributed by atoms with van der Waals surface area (Å²) in [6.45, 7) is 14.4. The molecule has 0 bridgehead atoms. The predicted molar refractivity (Wildman–Crippen MR) is 100 cm³/mol. The van der Waals surface area contributed by atoms with Gasteiger partial charge in [-0.05, 0) is 0 Å². The topological polar surface area (TPSA) is 35.5 Å². The fourth-order valence-electron chi connectivity index (χ4n) is 1.80.